The van der Waals surface area contributed by atoms with Gasteiger partial charge in [0.05, 0.1) is 13.8 Å². The van der Waals surface area contributed by atoms with Crippen molar-refractivity contribution in [3.05, 3.63) is 0 Å². The van der Waals surface area contributed by atoms with Crippen molar-refractivity contribution in [3.8, 4) is 0 Å². The lowest BCUT2D eigenvalue weighted by atomic mass is 10.0. The number of hydrogen-bond donors (Lipinski definition) is 1. The Labute approximate surface area is 69.3 Å². The van der Waals surface area contributed by atoms with Crippen LogP contribution in [0.1, 0.15) is 12.8 Å². The van der Waals surface area contributed by atoms with Crippen molar-refractivity contribution in [2.45, 2.75) is 12.8 Å². The molecule has 0 saturated heterocycles. The third kappa shape index (κ3) is 3.32. The number of carboxylic acids is 1. The molecule has 0 fully saturated rings. The highest BCUT2D eigenvalue weighted by Crippen LogP contribution is 2.08. The summed E-state index contributed by atoms with van der Waals surface area (Å²) >= 11 is 0. The Kier molecular flexibility index (Phi) is 4.99. The van der Waals surface area contributed by atoms with Gasteiger partial charge in [-0.25, -0.2) is 0 Å². The molecule has 70 valence electrons. The predicted molar refractivity (Wildman–Crippen MR) is 38.4 cm³/mol. The maximum atomic E-state index is 11.6. The molecule has 12 heavy (non-hydrogen) atoms. The first-order valence-electron chi connectivity index (χ1n) is 3.50. The van der Waals surface area contributed by atoms with Crippen LogP contribution in [-0.2, 0) is 14.3 Å². The summed E-state index contributed by atoms with van der Waals surface area (Å²) in [6.07, 6.45) is 0.0462. The van der Waals surface area contributed by atoms with Crippen LogP contribution in [0.4, 0.5) is 4.39 Å². The minimum Gasteiger partial charge on any atom is -0.481 e. The van der Waals surface area contributed by atoms with Gasteiger partial charge in [0.1, 0.15) is 0 Å². The fourth-order valence-corrected chi connectivity index (χ4v) is 0.766. The van der Waals surface area contributed by atoms with Gasteiger partial charge in [0.25, 0.3) is 0 Å². The van der Waals surface area contributed by atoms with Gasteiger partial charge in [0, 0.05) is 0 Å². The fourth-order valence-electron chi connectivity index (χ4n) is 0.766. The average molecular weight is 178 g/mol. The van der Waals surface area contributed by atoms with Crippen LogP contribution in [0.5, 0.6) is 0 Å². The van der Waals surface area contributed by atoms with Crippen LogP contribution in [0.15, 0.2) is 0 Å². The molecule has 4 nitrogen and oxygen atoms in total. The summed E-state index contributed by atoms with van der Waals surface area (Å²) in [6, 6.07) is 0. The molecule has 5 heteroatoms. The van der Waals surface area contributed by atoms with E-state index in [0.717, 1.165) is 7.11 Å². The number of carbonyl (C=O) groups is 2. The molecule has 0 saturated carbocycles. The van der Waals surface area contributed by atoms with E-state index in [-0.39, 0.29) is 12.8 Å². The van der Waals surface area contributed by atoms with Crippen LogP contribution < -0.4 is 0 Å². The second-order valence-corrected chi connectivity index (χ2v) is 2.25. The van der Waals surface area contributed by atoms with Gasteiger partial charge in [-0.1, -0.05) is 0 Å². The van der Waals surface area contributed by atoms with Crippen LogP contribution in [-0.4, -0.2) is 30.8 Å². The van der Waals surface area contributed by atoms with Crippen molar-refractivity contribution < 1.29 is 23.8 Å². The molecular weight excluding hydrogens is 167 g/mol. The molecule has 0 spiro atoms. The maximum absolute atomic E-state index is 11.6. The third-order valence-corrected chi connectivity index (χ3v) is 1.41. The zero-order valence-corrected chi connectivity index (χ0v) is 6.75. The Hall–Kier alpha value is -1.13. The van der Waals surface area contributed by atoms with Crippen molar-refractivity contribution in [2.24, 2.45) is 5.92 Å². The molecule has 0 bridgehead atoms. The summed E-state index contributed by atoms with van der Waals surface area (Å²) in [5.74, 6) is -3.32. The summed E-state index contributed by atoms with van der Waals surface area (Å²) in [5, 5.41) is 8.48. The molecule has 1 atom stereocenters. The smallest absolute Gasteiger partial charge is 0.320 e. The lowest BCUT2D eigenvalue weighted by Gasteiger charge is -2.07. The first-order valence-corrected chi connectivity index (χ1v) is 3.50. The molecule has 0 aliphatic rings. The van der Waals surface area contributed by atoms with E-state index < -0.39 is 24.5 Å². The molecule has 0 aromatic rings. The van der Waals surface area contributed by atoms with Gasteiger partial charge < -0.3 is 9.84 Å². The van der Waals surface area contributed by atoms with E-state index in [9.17, 15) is 14.0 Å². The zero-order chi connectivity index (χ0) is 9.56. The SMILES string of the molecule is COC(=O)C(CCCF)C(=O)O. The van der Waals surface area contributed by atoms with Crippen LogP contribution in [0.3, 0.4) is 0 Å². The first kappa shape index (κ1) is 10.9. The van der Waals surface area contributed by atoms with Gasteiger partial charge in [0.15, 0.2) is 5.92 Å². The molecule has 0 radical (unpaired) electrons. The molecule has 0 aromatic carbocycles. The number of methoxy groups -OCH3 is 1. The standard InChI is InChI=1S/C7H11FO4/c1-12-7(11)5(6(9)10)3-2-4-8/h5H,2-4H2,1H3,(H,9,10). The summed E-state index contributed by atoms with van der Waals surface area (Å²) in [5.41, 5.74) is 0. The van der Waals surface area contributed by atoms with Crippen molar-refractivity contribution >= 4 is 11.9 Å². The number of hydrogen-bond acceptors (Lipinski definition) is 3. The number of ether oxygens (including phenoxy) is 1. The van der Waals surface area contributed by atoms with E-state index in [1.165, 1.54) is 0 Å². The van der Waals surface area contributed by atoms with E-state index in [2.05, 4.69) is 4.74 Å². The highest BCUT2D eigenvalue weighted by molar-refractivity contribution is 5.93. The van der Waals surface area contributed by atoms with E-state index in [1.807, 2.05) is 0 Å². The highest BCUT2D eigenvalue weighted by Gasteiger charge is 2.26. The van der Waals surface area contributed by atoms with E-state index in [1.54, 1.807) is 0 Å². The van der Waals surface area contributed by atoms with Crippen molar-refractivity contribution in [3.63, 3.8) is 0 Å². The number of esters is 1. The maximum Gasteiger partial charge on any atom is 0.320 e. The number of halogens is 1. The molecule has 1 unspecified atom stereocenters. The Balaban J connectivity index is 4.04. The Morgan fingerprint density at radius 3 is 2.50 bits per heavy atom. The second kappa shape index (κ2) is 5.51. The molecule has 0 aliphatic carbocycles. The third-order valence-electron chi connectivity index (χ3n) is 1.41. The predicted octanol–water partition coefficient (Wildman–Crippen LogP) is 0.610. The number of rotatable bonds is 5. The van der Waals surface area contributed by atoms with E-state index in [0.29, 0.717) is 0 Å². The summed E-state index contributed by atoms with van der Waals surface area (Å²) in [7, 11) is 1.10. The van der Waals surface area contributed by atoms with Crippen LogP contribution in [0.25, 0.3) is 0 Å². The van der Waals surface area contributed by atoms with Crippen LogP contribution >= 0.6 is 0 Å². The molecular formula is C7H11FO4. The van der Waals surface area contributed by atoms with Crippen molar-refractivity contribution in [1.82, 2.24) is 0 Å². The van der Waals surface area contributed by atoms with Gasteiger partial charge in [-0.2, -0.15) is 0 Å². The number of carboxylic acid groups (broad SMARTS) is 1. The summed E-state index contributed by atoms with van der Waals surface area (Å²) < 4.78 is 15.9. The highest BCUT2D eigenvalue weighted by atomic mass is 19.1. The Morgan fingerprint density at radius 1 is 1.58 bits per heavy atom. The van der Waals surface area contributed by atoms with Crippen molar-refractivity contribution in [2.75, 3.05) is 13.8 Å². The zero-order valence-electron chi connectivity index (χ0n) is 6.75. The summed E-state index contributed by atoms with van der Waals surface area (Å²) in [6.45, 7) is -0.624. The minimum absolute atomic E-state index is 0.0154. The van der Waals surface area contributed by atoms with Crippen LogP contribution in [0, 0.1) is 5.92 Å². The fraction of sp³-hybridized carbons (Fsp3) is 0.714. The van der Waals surface area contributed by atoms with Gasteiger partial charge in [-0.3, -0.25) is 14.0 Å². The van der Waals surface area contributed by atoms with Gasteiger partial charge in [-0.05, 0) is 12.8 Å². The second-order valence-electron chi connectivity index (χ2n) is 2.25. The lowest BCUT2D eigenvalue weighted by Crippen LogP contribution is -2.25. The molecule has 0 amide bonds. The normalized spacial score (nSPS) is 12.2. The van der Waals surface area contributed by atoms with Crippen LogP contribution in [0.2, 0.25) is 0 Å². The quantitative estimate of drug-likeness (QED) is 0.495. The average Bonchev–Trinajstić information content (AvgIpc) is 2.04. The monoisotopic (exact) mass is 178 g/mol. The van der Waals surface area contributed by atoms with E-state index >= 15 is 0 Å². The van der Waals surface area contributed by atoms with Gasteiger partial charge >= 0.3 is 11.9 Å². The molecule has 0 aromatic heterocycles. The Morgan fingerprint density at radius 2 is 2.17 bits per heavy atom. The van der Waals surface area contributed by atoms with E-state index in [4.69, 9.17) is 5.11 Å². The molecule has 0 rings (SSSR count). The van der Waals surface area contributed by atoms with Gasteiger partial charge in [0.2, 0.25) is 0 Å². The topological polar surface area (TPSA) is 63.6 Å². The largest absolute Gasteiger partial charge is 0.481 e. The van der Waals surface area contributed by atoms with Gasteiger partial charge in [-0.15, -0.1) is 0 Å². The number of carbonyl (C=O) groups excluding carboxylic acids is 1. The molecule has 0 heterocycles. The summed E-state index contributed by atoms with van der Waals surface area (Å²) in [4.78, 5) is 21.1. The number of alkyl halides is 1. The lowest BCUT2D eigenvalue weighted by molar-refractivity contribution is -0.157. The van der Waals surface area contributed by atoms with Crippen molar-refractivity contribution in [1.29, 1.82) is 0 Å². The molecule has 0 aliphatic heterocycles. The minimum atomic E-state index is -1.27. The first-order chi connectivity index (χ1) is 5.63. The molecule has 1 N–H and O–H groups in total. The number of aliphatic carboxylic acids is 1. The Bertz CT molecular complexity index is 169.